The van der Waals surface area contributed by atoms with Crippen LogP contribution in [0.1, 0.15) is 24.0 Å². The van der Waals surface area contributed by atoms with Crippen LogP contribution in [0.25, 0.3) is 0 Å². The Bertz CT molecular complexity index is 642. The van der Waals surface area contributed by atoms with Crippen molar-refractivity contribution in [2.24, 2.45) is 0 Å². The number of carbonyl (C=O) groups excluding carboxylic acids is 1. The van der Waals surface area contributed by atoms with Gasteiger partial charge in [-0.05, 0) is 42.3 Å². The fraction of sp³-hybridized carbons (Fsp3) is 0.235. The lowest BCUT2D eigenvalue weighted by Crippen LogP contribution is -2.30. The van der Waals surface area contributed by atoms with Crippen LogP contribution in [0, 0.1) is 5.82 Å². The highest BCUT2D eigenvalue weighted by atomic mass is 19.1. The summed E-state index contributed by atoms with van der Waals surface area (Å²) in [4.78, 5) is 14.0. The molecule has 0 fully saturated rings. The largest absolute Gasteiger partial charge is 0.399 e. The maximum absolute atomic E-state index is 13.2. The summed E-state index contributed by atoms with van der Waals surface area (Å²) in [6.07, 6.45) is 0. The van der Waals surface area contributed by atoms with Gasteiger partial charge in [0.25, 0.3) is 0 Å². The van der Waals surface area contributed by atoms with Gasteiger partial charge >= 0.3 is 0 Å². The van der Waals surface area contributed by atoms with Gasteiger partial charge in [-0.2, -0.15) is 0 Å². The number of hydrogen-bond donors (Lipinski definition) is 1. The Morgan fingerprint density at radius 2 is 1.95 bits per heavy atom. The standard InChI is InChI=1S/C17H19FN2O/c1-12(14-6-4-8-16(19)10-14)17(21)20(2)11-13-5-3-7-15(18)9-13/h3-10,12H,11,19H2,1-2H3. The van der Waals surface area contributed by atoms with Gasteiger partial charge in [-0.15, -0.1) is 0 Å². The Kier molecular flexibility index (Phi) is 4.58. The van der Waals surface area contributed by atoms with Gasteiger partial charge in [0.1, 0.15) is 5.82 Å². The summed E-state index contributed by atoms with van der Waals surface area (Å²) in [5.74, 6) is -0.603. The molecule has 0 aliphatic rings. The van der Waals surface area contributed by atoms with Crippen LogP contribution in [0.15, 0.2) is 48.5 Å². The molecule has 0 aromatic heterocycles. The molecule has 2 rings (SSSR count). The molecule has 3 nitrogen and oxygen atoms in total. The van der Waals surface area contributed by atoms with E-state index in [9.17, 15) is 9.18 Å². The molecule has 1 amide bonds. The van der Waals surface area contributed by atoms with Crippen LogP contribution in [0.2, 0.25) is 0 Å². The third-order valence-electron chi connectivity index (χ3n) is 3.47. The smallest absolute Gasteiger partial charge is 0.229 e. The van der Waals surface area contributed by atoms with Gasteiger partial charge in [-0.3, -0.25) is 4.79 Å². The Morgan fingerprint density at radius 3 is 2.62 bits per heavy atom. The van der Waals surface area contributed by atoms with Crippen molar-refractivity contribution < 1.29 is 9.18 Å². The number of likely N-dealkylation sites (N-methyl/N-ethyl adjacent to an activating group) is 1. The topological polar surface area (TPSA) is 46.3 Å². The minimum atomic E-state index is -0.294. The molecule has 2 aromatic carbocycles. The SMILES string of the molecule is CC(C(=O)N(C)Cc1cccc(F)c1)c1cccc(N)c1. The maximum atomic E-state index is 13.2. The fourth-order valence-corrected chi connectivity index (χ4v) is 2.29. The quantitative estimate of drug-likeness (QED) is 0.877. The number of halogens is 1. The monoisotopic (exact) mass is 286 g/mol. The predicted molar refractivity (Wildman–Crippen MR) is 82.1 cm³/mol. The van der Waals surface area contributed by atoms with E-state index in [1.165, 1.54) is 12.1 Å². The Hall–Kier alpha value is -2.36. The Balaban J connectivity index is 2.08. The number of nitrogens with zero attached hydrogens (tertiary/aromatic N) is 1. The number of carbonyl (C=O) groups is 1. The van der Waals surface area contributed by atoms with Crippen molar-refractivity contribution in [3.05, 3.63) is 65.5 Å². The van der Waals surface area contributed by atoms with Crippen molar-refractivity contribution in [3.8, 4) is 0 Å². The number of anilines is 1. The lowest BCUT2D eigenvalue weighted by Gasteiger charge is -2.22. The highest BCUT2D eigenvalue weighted by Crippen LogP contribution is 2.20. The molecule has 0 radical (unpaired) electrons. The van der Waals surface area contributed by atoms with Crippen LogP contribution in [0.5, 0.6) is 0 Å². The summed E-state index contributed by atoms with van der Waals surface area (Å²) in [5, 5.41) is 0. The van der Waals surface area contributed by atoms with Gasteiger partial charge in [0, 0.05) is 19.3 Å². The second-order valence-electron chi connectivity index (χ2n) is 5.22. The third kappa shape index (κ3) is 3.81. The van der Waals surface area contributed by atoms with E-state index in [2.05, 4.69) is 0 Å². The van der Waals surface area contributed by atoms with Gasteiger partial charge in [-0.25, -0.2) is 4.39 Å². The van der Waals surface area contributed by atoms with Crippen molar-refractivity contribution in [3.63, 3.8) is 0 Å². The predicted octanol–water partition coefficient (Wildman–Crippen LogP) is 3.17. The first-order valence-electron chi connectivity index (χ1n) is 6.82. The van der Waals surface area contributed by atoms with Crippen molar-refractivity contribution in [2.45, 2.75) is 19.4 Å². The van der Waals surface area contributed by atoms with Gasteiger partial charge in [-0.1, -0.05) is 24.3 Å². The van der Waals surface area contributed by atoms with E-state index in [1.807, 2.05) is 19.1 Å². The van der Waals surface area contributed by atoms with Crippen LogP contribution in [0.4, 0.5) is 10.1 Å². The number of rotatable bonds is 4. The molecule has 4 heteroatoms. The van der Waals surface area contributed by atoms with Crippen molar-refractivity contribution in [1.82, 2.24) is 4.90 Å². The summed E-state index contributed by atoms with van der Waals surface area (Å²) in [7, 11) is 1.72. The van der Waals surface area contributed by atoms with E-state index in [0.717, 1.165) is 11.1 Å². The first kappa shape index (κ1) is 15.0. The molecule has 0 saturated heterocycles. The van der Waals surface area contributed by atoms with Crippen LogP contribution in [-0.4, -0.2) is 17.9 Å². The molecule has 0 spiro atoms. The van der Waals surface area contributed by atoms with Gasteiger partial charge in [0.15, 0.2) is 0 Å². The number of nitrogen functional groups attached to an aromatic ring is 1. The second kappa shape index (κ2) is 6.39. The van der Waals surface area contributed by atoms with E-state index in [4.69, 9.17) is 5.73 Å². The fourth-order valence-electron chi connectivity index (χ4n) is 2.29. The molecule has 2 N–H and O–H groups in total. The summed E-state index contributed by atoms with van der Waals surface area (Å²) in [5.41, 5.74) is 8.03. The van der Waals surface area contributed by atoms with E-state index >= 15 is 0 Å². The van der Waals surface area contributed by atoms with E-state index < -0.39 is 0 Å². The zero-order valence-electron chi connectivity index (χ0n) is 12.2. The average molecular weight is 286 g/mol. The summed E-state index contributed by atoms with van der Waals surface area (Å²) >= 11 is 0. The van der Waals surface area contributed by atoms with Gasteiger partial charge in [0.05, 0.1) is 5.92 Å². The summed E-state index contributed by atoms with van der Waals surface area (Å²) in [6, 6.07) is 13.6. The average Bonchev–Trinajstić information content (AvgIpc) is 2.45. The van der Waals surface area contributed by atoms with Crippen LogP contribution in [0.3, 0.4) is 0 Å². The highest BCUT2D eigenvalue weighted by Gasteiger charge is 2.19. The Morgan fingerprint density at radius 1 is 1.24 bits per heavy atom. The number of nitrogens with two attached hydrogens (primary N) is 1. The lowest BCUT2D eigenvalue weighted by atomic mass is 9.99. The zero-order chi connectivity index (χ0) is 15.4. The van der Waals surface area contributed by atoms with E-state index in [0.29, 0.717) is 12.2 Å². The molecule has 0 bridgehead atoms. The molecular weight excluding hydrogens is 267 g/mol. The molecular formula is C17H19FN2O. The summed E-state index contributed by atoms with van der Waals surface area (Å²) in [6.45, 7) is 2.22. The third-order valence-corrected chi connectivity index (χ3v) is 3.47. The molecule has 0 saturated carbocycles. The zero-order valence-corrected chi connectivity index (χ0v) is 12.2. The molecule has 0 aliphatic heterocycles. The minimum Gasteiger partial charge on any atom is -0.399 e. The number of hydrogen-bond acceptors (Lipinski definition) is 2. The van der Waals surface area contributed by atoms with Crippen molar-refractivity contribution >= 4 is 11.6 Å². The van der Waals surface area contributed by atoms with E-state index in [-0.39, 0.29) is 17.6 Å². The molecule has 0 aliphatic carbocycles. The highest BCUT2D eigenvalue weighted by molar-refractivity contribution is 5.83. The van der Waals surface area contributed by atoms with Crippen molar-refractivity contribution in [1.29, 1.82) is 0 Å². The van der Waals surface area contributed by atoms with Crippen molar-refractivity contribution in [2.75, 3.05) is 12.8 Å². The first-order chi connectivity index (χ1) is 9.97. The normalized spacial score (nSPS) is 12.0. The molecule has 110 valence electrons. The van der Waals surface area contributed by atoms with Gasteiger partial charge < -0.3 is 10.6 Å². The van der Waals surface area contributed by atoms with Crippen LogP contribution in [-0.2, 0) is 11.3 Å². The second-order valence-corrected chi connectivity index (χ2v) is 5.22. The van der Waals surface area contributed by atoms with Crippen LogP contribution < -0.4 is 5.73 Å². The lowest BCUT2D eigenvalue weighted by molar-refractivity contribution is -0.131. The summed E-state index contributed by atoms with van der Waals surface area (Å²) < 4.78 is 13.2. The molecule has 1 atom stereocenters. The number of amides is 1. The van der Waals surface area contributed by atoms with E-state index in [1.54, 1.807) is 36.2 Å². The Labute approximate surface area is 124 Å². The first-order valence-corrected chi connectivity index (χ1v) is 6.82. The minimum absolute atomic E-state index is 0.0233. The molecule has 1 unspecified atom stereocenters. The number of benzene rings is 2. The molecule has 2 aromatic rings. The molecule has 21 heavy (non-hydrogen) atoms. The van der Waals surface area contributed by atoms with Gasteiger partial charge in [0.2, 0.25) is 5.91 Å². The maximum Gasteiger partial charge on any atom is 0.229 e. The molecule has 0 heterocycles. The van der Waals surface area contributed by atoms with Crippen LogP contribution >= 0.6 is 0 Å².